The topological polar surface area (TPSA) is 22.0 Å². The fourth-order valence-corrected chi connectivity index (χ4v) is 7.92. The van der Waals surface area contributed by atoms with E-state index in [1.807, 2.05) is 28.8 Å². The van der Waals surface area contributed by atoms with Crippen LogP contribution in [0.2, 0.25) is 0 Å². The Hall–Kier alpha value is -6.77. The minimum atomic E-state index is -0.0197. The van der Waals surface area contributed by atoms with Crippen LogP contribution in [0.25, 0.3) is 93.1 Å². The third kappa shape index (κ3) is 4.76. The number of fused-ring (bicyclic) bond motifs is 9. The van der Waals surface area contributed by atoms with Crippen LogP contribution in [-0.2, 0) is 0 Å². The summed E-state index contributed by atoms with van der Waals surface area (Å²) in [4.78, 5) is 14.2. The van der Waals surface area contributed by atoms with Gasteiger partial charge in [0.1, 0.15) is 0 Å². The van der Waals surface area contributed by atoms with Crippen molar-refractivity contribution in [3.63, 3.8) is 0 Å². The Balaban J connectivity index is 1.10. The molecule has 0 aliphatic heterocycles. The van der Waals surface area contributed by atoms with E-state index in [1.165, 1.54) is 43.4 Å². The van der Waals surface area contributed by atoms with Gasteiger partial charge in [-0.15, -0.1) is 0 Å². The van der Waals surface area contributed by atoms with Crippen LogP contribution in [0.4, 0.5) is 0 Å². The van der Waals surface area contributed by atoms with Crippen molar-refractivity contribution in [2.75, 3.05) is 0 Å². The molecule has 0 amide bonds. The highest BCUT2D eigenvalue weighted by Crippen LogP contribution is 2.38. The minimum Gasteiger partial charge on any atom is -0.276 e. The summed E-state index contributed by atoms with van der Waals surface area (Å²) in [6.07, 6.45) is 0. The van der Waals surface area contributed by atoms with E-state index in [0.717, 1.165) is 44.2 Å². The van der Waals surface area contributed by atoms with Gasteiger partial charge in [-0.3, -0.25) is 9.36 Å². The first kappa shape index (κ1) is 29.2. The SMILES string of the molecule is O=c1c2ccccc2c2cc(-c3cccc(-c4ccccc4)c3)ccc2n1-c1ccc(-c2ccc3c4ccccc4c4ccccc4c3c2)cc1. The van der Waals surface area contributed by atoms with E-state index in [9.17, 15) is 4.79 Å². The summed E-state index contributed by atoms with van der Waals surface area (Å²) in [6, 6.07) is 66.1. The van der Waals surface area contributed by atoms with Crippen LogP contribution in [0.5, 0.6) is 0 Å². The van der Waals surface area contributed by atoms with Crippen molar-refractivity contribution in [3.8, 4) is 39.1 Å². The summed E-state index contributed by atoms with van der Waals surface area (Å²) in [5.74, 6) is 0. The van der Waals surface area contributed by atoms with Crippen molar-refractivity contribution in [2.45, 2.75) is 0 Å². The molecule has 51 heavy (non-hydrogen) atoms. The van der Waals surface area contributed by atoms with Crippen molar-refractivity contribution in [3.05, 3.63) is 198 Å². The van der Waals surface area contributed by atoms with Crippen LogP contribution in [-0.4, -0.2) is 4.57 Å². The number of pyridine rings is 1. The van der Waals surface area contributed by atoms with Gasteiger partial charge in [-0.1, -0.05) is 146 Å². The molecular weight excluding hydrogens is 619 g/mol. The molecule has 238 valence electrons. The number of aromatic nitrogens is 1. The molecule has 1 aromatic heterocycles. The van der Waals surface area contributed by atoms with Crippen LogP contribution in [0.15, 0.2) is 193 Å². The second-order valence-electron chi connectivity index (χ2n) is 13.3. The molecule has 0 spiro atoms. The first-order valence-electron chi connectivity index (χ1n) is 17.4. The summed E-state index contributed by atoms with van der Waals surface area (Å²) in [5, 5.41) is 10.3. The van der Waals surface area contributed by atoms with Crippen molar-refractivity contribution in [1.29, 1.82) is 0 Å². The molecule has 0 unspecified atom stereocenters. The molecule has 10 aromatic rings. The molecule has 0 fully saturated rings. The van der Waals surface area contributed by atoms with E-state index >= 15 is 0 Å². The van der Waals surface area contributed by atoms with E-state index in [4.69, 9.17) is 0 Å². The van der Waals surface area contributed by atoms with Crippen LogP contribution in [0, 0.1) is 0 Å². The van der Waals surface area contributed by atoms with E-state index in [1.54, 1.807) is 0 Å². The van der Waals surface area contributed by atoms with Crippen LogP contribution >= 0.6 is 0 Å². The first-order valence-corrected chi connectivity index (χ1v) is 17.4. The molecular formula is C49H31NO. The molecule has 0 aliphatic carbocycles. The van der Waals surface area contributed by atoms with Gasteiger partial charge >= 0.3 is 0 Å². The van der Waals surface area contributed by atoms with Gasteiger partial charge in [0.05, 0.1) is 5.52 Å². The summed E-state index contributed by atoms with van der Waals surface area (Å²) in [6.45, 7) is 0. The van der Waals surface area contributed by atoms with Gasteiger partial charge in [0.25, 0.3) is 5.56 Å². The summed E-state index contributed by atoms with van der Waals surface area (Å²) < 4.78 is 1.87. The molecule has 9 aromatic carbocycles. The average molecular weight is 650 g/mol. The highest BCUT2D eigenvalue weighted by Gasteiger charge is 2.15. The Bertz CT molecular complexity index is 2990. The lowest BCUT2D eigenvalue weighted by Crippen LogP contribution is -2.19. The number of hydrogen-bond donors (Lipinski definition) is 0. The zero-order valence-corrected chi connectivity index (χ0v) is 27.8. The molecule has 0 saturated carbocycles. The van der Waals surface area contributed by atoms with Gasteiger partial charge in [0, 0.05) is 16.5 Å². The van der Waals surface area contributed by atoms with E-state index in [0.29, 0.717) is 5.39 Å². The highest BCUT2D eigenvalue weighted by molar-refractivity contribution is 6.25. The van der Waals surface area contributed by atoms with Gasteiger partial charge in [0.15, 0.2) is 0 Å². The summed E-state index contributed by atoms with van der Waals surface area (Å²) in [7, 11) is 0. The van der Waals surface area contributed by atoms with Gasteiger partial charge < -0.3 is 0 Å². The molecule has 0 atom stereocenters. The first-order chi connectivity index (χ1) is 25.2. The third-order valence-corrected chi connectivity index (χ3v) is 10.4. The van der Waals surface area contributed by atoms with Gasteiger partial charge in [0.2, 0.25) is 0 Å². The Morgan fingerprint density at radius 2 is 0.686 bits per heavy atom. The minimum absolute atomic E-state index is 0.0197. The second kappa shape index (κ2) is 11.7. The smallest absolute Gasteiger partial charge is 0.263 e. The lowest BCUT2D eigenvalue weighted by Gasteiger charge is -2.16. The molecule has 2 heteroatoms. The number of nitrogens with zero attached hydrogens (tertiary/aromatic N) is 1. The highest BCUT2D eigenvalue weighted by atomic mass is 16.1. The Labute approximate surface area is 295 Å². The van der Waals surface area contributed by atoms with Crippen LogP contribution in [0.3, 0.4) is 0 Å². The quantitative estimate of drug-likeness (QED) is 0.174. The monoisotopic (exact) mass is 649 g/mol. The van der Waals surface area contributed by atoms with Crippen molar-refractivity contribution >= 4 is 54.0 Å². The maximum absolute atomic E-state index is 14.2. The average Bonchev–Trinajstić information content (AvgIpc) is 3.21. The molecule has 0 aliphatic rings. The van der Waals surface area contributed by atoms with Crippen LogP contribution < -0.4 is 5.56 Å². The van der Waals surface area contributed by atoms with Crippen molar-refractivity contribution in [1.82, 2.24) is 4.57 Å². The van der Waals surface area contributed by atoms with E-state index in [2.05, 4.69) is 164 Å². The number of rotatable bonds is 4. The molecule has 0 bridgehead atoms. The van der Waals surface area contributed by atoms with Crippen LogP contribution in [0.1, 0.15) is 0 Å². The van der Waals surface area contributed by atoms with E-state index < -0.39 is 0 Å². The molecule has 2 nitrogen and oxygen atoms in total. The summed E-state index contributed by atoms with van der Waals surface area (Å²) >= 11 is 0. The molecule has 0 saturated heterocycles. The maximum Gasteiger partial charge on any atom is 0.263 e. The normalized spacial score (nSPS) is 11.6. The fourth-order valence-electron chi connectivity index (χ4n) is 7.92. The number of hydrogen-bond acceptors (Lipinski definition) is 1. The molecule has 0 N–H and O–H groups in total. The van der Waals surface area contributed by atoms with Crippen molar-refractivity contribution < 1.29 is 0 Å². The summed E-state index contributed by atoms with van der Waals surface area (Å²) in [5.41, 5.74) is 8.58. The maximum atomic E-state index is 14.2. The predicted octanol–water partition coefficient (Wildman–Crippen LogP) is 12.6. The fraction of sp³-hybridized carbons (Fsp3) is 0. The lowest BCUT2D eigenvalue weighted by molar-refractivity contribution is 1.06. The Kier molecular flexibility index (Phi) is 6.68. The van der Waals surface area contributed by atoms with Gasteiger partial charge in [-0.2, -0.15) is 0 Å². The van der Waals surface area contributed by atoms with E-state index in [-0.39, 0.29) is 5.56 Å². The third-order valence-electron chi connectivity index (χ3n) is 10.4. The number of benzene rings is 9. The molecule has 10 rings (SSSR count). The van der Waals surface area contributed by atoms with Gasteiger partial charge in [-0.25, -0.2) is 0 Å². The largest absolute Gasteiger partial charge is 0.276 e. The Morgan fingerprint density at radius 1 is 0.275 bits per heavy atom. The molecule has 0 radical (unpaired) electrons. The Morgan fingerprint density at radius 3 is 1.35 bits per heavy atom. The van der Waals surface area contributed by atoms with Gasteiger partial charge in [-0.05, 0) is 114 Å². The predicted molar refractivity (Wildman–Crippen MR) is 216 cm³/mol. The second-order valence-corrected chi connectivity index (χ2v) is 13.3. The zero-order valence-electron chi connectivity index (χ0n) is 27.8. The molecule has 1 heterocycles. The standard InChI is InChI=1S/C49H31NO/c51-49-45-20-9-8-19-43(45)47-31-37(35-14-10-13-34(29-35)32-11-2-1-3-12-32)24-28-48(47)50(49)38-25-21-33(22-26-38)36-23-27-44-41-17-5-4-15-39(41)40-16-6-7-18-42(40)46(44)30-36/h1-31H. The lowest BCUT2D eigenvalue weighted by atomic mass is 9.92. The van der Waals surface area contributed by atoms with Crippen molar-refractivity contribution in [2.24, 2.45) is 0 Å². The zero-order chi connectivity index (χ0) is 33.9.